The molecule has 1 aliphatic rings. The molecule has 5 nitrogen and oxygen atoms in total. The zero-order valence-electron chi connectivity index (χ0n) is 14.2. The van der Waals surface area contributed by atoms with Crippen LogP contribution in [-0.4, -0.2) is 29.1 Å². The van der Waals surface area contributed by atoms with Gasteiger partial charge in [-0.2, -0.15) is 0 Å². The van der Waals surface area contributed by atoms with E-state index in [-0.39, 0.29) is 12.0 Å². The van der Waals surface area contributed by atoms with Crippen molar-refractivity contribution >= 4 is 22.9 Å². The van der Waals surface area contributed by atoms with Crippen molar-refractivity contribution in [2.24, 2.45) is 11.1 Å². The average molecular weight is 345 g/mol. The highest BCUT2D eigenvalue weighted by Crippen LogP contribution is 2.50. The molecule has 6 heteroatoms. The Hall–Kier alpha value is -1.76. The van der Waals surface area contributed by atoms with E-state index in [1.165, 1.54) is 0 Å². The number of hydrogen-bond donors (Lipinski definition) is 2. The molecule has 0 spiro atoms. The zero-order chi connectivity index (χ0) is 17.4. The Morgan fingerprint density at radius 1 is 1.50 bits per heavy atom. The lowest BCUT2D eigenvalue weighted by Crippen LogP contribution is -2.74. The van der Waals surface area contributed by atoms with E-state index >= 15 is 0 Å². The third kappa shape index (κ3) is 2.75. The van der Waals surface area contributed by atoms with Crippen LogP contribution in [0.3, 0.4) is 0 Å². The van der Waals surface area contributed by atoms with Crippen molar-refractivity contribution in [2.75, 3.05) is 11.9 Å². The number of benzene rings is 1. The van der Waals surface area contributed by atoms with E-state index in [1.807, 2.05) is 50.4 Å². The molecule has 2 unspecified atom stereocenters. The number of amides is 1. The molecule has 1 aromatic carbocycles. The van der Waals surface area contributed by atoms with Crippen molar-refractivity contribution in [3.8, 4) is 10.6 Å². The minimum Gasteiger partial charge on any atom is -0.378 e. The summed E-state index contributed by atoms with van der Waals surface area (Å²) in [6.07, 6.45) is 2.32. The monoisotopic (exact) mass is 345 g/mol. The van der Waals surface area contributed by atoms with E-state index in [4.69, 9.17) is 10.5 Å². The van der Waals surface area contributed by atoms with Gasteiger partial charge >= 0.3 is 0 Å². The first-order valence-corrected chi connectivity index (χ1v) is 8.98. The third-order valence-electron chi connectivity index (χ3n) is 5.03. The van der Waals surface area contributed by atoms with Gasteiger partial charge in [0, 0.05) is 41.3 Å². The summed E-state index contributed by atoms with van der Waals surface area (Å²) in [5.74, 6) is -0.167. The van der Waals surface area contributed by atoms with Gasteiger partial charge in [0.25, 0.3) is 0 Å². The first-order chi connectivity index (χ1) is 11.4. The molecule has 3 rings (SSSR count). The van der Waals surface area contributed by atoms with Gasteiger partial charge < -0.3 is 15.8 Å². The maximum atomic E-state index is 12.8. The molecule has 1 aromatic heterocycles. The normalized spacial score (nSPS) is 25.1. The number of carbonyl (C=O) groups excluding carboxylic acids is 1. The lowest BCUT2D eigenvalue weighted by Gasteiger charge is -2.57. The van der Waals surface area contributed by atoms with Crippen LogP contribution in [0.25, 0.3) is 10.6 Å². The summed E-state index contributed by atoms with van der Waals surface area (Å²) in [6, 6.07) is 7.67. The summed E-state index contributed by atoms with van der Waals surface area (Å²) in [4.78, 5) is 17.1. The van der Waals surface area contributed by atoms with Gasteiger partial charge in [-0.3, -0.25) is 4.79 Å². The highest BCUT2D eigenvalue weighted by atomic mass is 32.1. The summed E-state index contributed by atoms with van der Waals surface area (Å²) >= 11 is 1.57. The Morgan fingerprint density at radius 2 is 2.29 bits per heavy atom. The van der Waals surface area contributed by atoms with Crippen LogP contribution < -0.4 is 11.1 Å². The van der Waals surface area contributed by atoms with Gasteiger partial charge in [-0.1, -0.05) is 26.0 Å². The lowest BCUT2D eigenvalue weighted by molar-refractivity contribution is -0.166. The summed E-state index contributed by atoms with van der Waals surface area (Å²) < 4.78 is 5.69. The maximum absolute atomic E-state index is 12.8. The number of nitrogens with one attached hydrogen (secondary N) is 1. The van der Waals surface area contributed by atoms with Crippen LogP contribution in [0.1, 0.15) is 27.2 Å². The molecule has 1 amide bonds. The van der Waals surface area contributed by atoms with Gasteiger partial charge in [0.1, 0.15) is 10.5 Å². The van der Waals surface area contributed by atoms with E-state index in [9.17, 15) is 4.79 Å². The maximum Gasteiger partial charge on any atom is 0.245 e. The summed E-state index contributed by atoms with van der Waals surface area (Å²) in [5.41, 5.74) is 6.80. The predicted molar refractivity (Wildman–Crippen MR) is 96.9 cm³/mol. The number of carbonyl (C=O) groups is 1. The molecule has 1 heterocycles. The highest BCUT2D eigenvalue weighted by molar-refractivity contribution is 7.13. The van der Waals surface area contributed by atoms with Crippen molar-refractivity contribution in [2.45, 2.75) is 38.8 Å². The Morgan fingerprint density at radius 3 is 2.92 bits per heavy atom. The molecule has 0 saturated heterocycles. The Bertz CT molecular complexity index is 730. The predicted octanol–water partition coefficient (Wildman–Crippen LogP) is 3.28. The van der Waals surface area contributed by atoms with Gasteiger partial charge in [-0.15, -0.1) is 11.3 Å². The molecule has 1 fully saturated rings. The van der Waals surface area contributed by atoms with Crippen LogP contribution in [0.4, 0.5) is 5.69 Å². The number of nitrogens with two attached hydrogens (primary N) is 1. The Labute approximate surface area is 146 Å². The van der Waals surface area contributed by atoms with Crippen LogP contribution in [0.15, 0.2) is 35.8 Å². The summed E-state index contributed by atoms with van der Waals surface area (Å²) in [5, 5.41) is 5.82. The molecule has 0 bridgehead atoms. The van der Waals surface area contributed by atoms with Gasteiger partial charge in [0.05, 0.1) is 6.10 Å². The largest absolute Gasteiger partial charge is 0.378 e. The standard InChI is InChI=1S/C18H23N3O2S/c1-4-23-14-11-18(19,17(14,2)3)16(22)21-13-7-5-6-12(10-13)15-20-8-9-24-15/h5-10,14H,4,11,19H2,1-3H3,(H,21,22). The van der Waals surface area contributed by atoms with E-state index in [0.29, 0.717) is 13.0 Å². The fourth-order valence-corrected chi connectivity index (χ4v) is 3.79. The van der Waals surface area contributed by atoms with Crippen molar-refractivity contribution in [1.82, 2.24) is 4.98 Å². The summed E-state index contributed by atoms with van der Waals surface area (Å²) in [6.45, 7) is 6.56. The molecule has 1 aliphatic carbocycles. The number of thiazole rings is 1. The second kappa shape index (κ2) is 6.27. The minimum atomic E-state index is -0.927. The fraction of sp³-hybridized carbons (Fsp3) is 0.444. The van der Waals surface area contributed by atoms with E-state index in [1.54, 1.807) is 17.5 Å². The Balaban J connectivity index is 1.75. The van der Waals surface area contributed by atoms with Gasteiger partial charge in [0.2, 0.25) is 5.91 Å². The van der Waals surface area contributed by atoms with Crippen LogP contribution in [0, 0.1) is 5.41 Å². The van der Waals surface area contributed by atoms with E-state index in [0.717, 1.165) is 16.3 Å². The fourth-order valence-electron chi connectivity index (χ4n) is 3.16. The molecule has 2 atom stereocenters. The molecular weight excluding hydrogens is 322 g/mol. The number of ether oxygens (including phenoxy) is 1. The molecule has 0 aliphatic heterocycles. The number of nitrogens with zero attached hydrogens (tertiary/aromatic N) is 1. The molecule has 24 heavy (non-hydrogen) atoms. The van der Waals surface area contributed by atoms with Gasteiger partial charge in [-0.05, 0) is 19.1 Å². The number of aromatic nitrogens is 1. The molecule has 2 aromatic rings. The van der Waals surface area contributed by atoms with Gasteiger partial charge in [-0.25, -0.2) is 4.98 Å². The first kappa shape index (κ1) is 17.1. The Kier molecular flexibility index (Phi) is 4.46. The quantitative estimate of drug-likeness (QED) is 0.872. The highest BCUT2D eigenvalue weighted by Gasteiger charge is 2.62. The number of hydrogen-bond acceptors (Lipinski definition) is 5. The number of rotatable bonds is 5. The molecular formula is C18H23N3O2S. The average Bonchev–Trinajstić information content (AvgIpc) is 3.09. The molecule has 0 radical (unpaired) electrons. The van der Waals surface area contributed by atoms with Crippen LogP contribution in [-0.2, 0) is 9.53 Å². The van der Waals surface area contributed by atoms with E-state index in [2.05, 4.69) is 10.3 Å². The number of anilines is 1. The summed E-state index contributed by atoms with van der Waals surface area (Å²) in [7, 11) is 0. The van der Waals surface area contributed by atoms with E-state index < -0.39 is 11.0 Å². The minimum absolute atomic E-state index is 0.0138. The van der Waals surface area contributed by atoms with Crippen molar-refractivity contribution < 1.29 is 9.53 Å². The molecule has 1 saturated carbocycles. The van der Waals surface area contributed by atoms with Crippen molar-refractivity contribution in [3.63, 3.8) is 0 Å². The van der Waals surface area contributed by atoms with Crippen molar-refractivity contribution in [1.29, 1.82) is 0 Å². The van der Waals surface area contributed by atoms with Crippen LogP contribution >= 0.6 is 11.3 Å². The SMILES string of the molecule is CCOC1CC(N)(C(=O)Nc2cccc(-c3nccs3)c2)C1(C)C. The second-order valence-electron chi connectivity index (χ2n) is 6.71. The second-order valence-corrected chi connectivity index (χ2v) is 7.61. The molecule has 128 valence electrons. The smallest absolute Gasteiger partial charge is 0.245 e. The van der Waals surface area contributed by atoms with Crippen LogP contribution in [0.2, 0.25) is 0 Å². The lowest BCUT2D eigenvalue weighted by atomic mass is 9.54. The first-order valence-electron chi connectivity index (χ1n) is 8.10. The third-order valence-corrected chi connectivity index (χ3v) is 5.86. The van der Waals surface area contributed by atoms with Crippen LogP contribution in [0.5, 0.6) is 0 Å². The topological polar surface area (TPSA) is 77.2 Å². The molecule has 3 N–H and O–H groups in total. The zero-order valence-corrected chi connectivity index (χ0v) is 15.0. The van der Waals surface area contributed by atoms with Crippen molar-refractivity contribution in [3.05, 3.63) is 35.8 Å². The van der Waals surface area contributed by atoms with Gasteiger partial charge in [0.15, 0.2) is 0 Å².